The summed E-state index contributed by atoms with van der Waals surface area (Å²) in [4.78, 5) is 14.2. The zero-order valence-corrected chi connectivity index (χ0v) is 9.01. The van der Waals surface area contributed by atoms with Crippen LogP contribution in [0.2, 0.25) is 0 Å². The Morgan fingerprint density at radius 1 is 1.73 bits per heavy atom. The first kappa shape index (κ1) is 11.6. The van der Waals surface area contributed by atoms with Gasteiger partial charge in [0.05, 0.1) is 0 Å². The Kier molecular flexibility index (Phi) is 4.15. The Morgan fingerprint density at radius 2 is 2.47 bits per heavy atom. The quantitative estimate of drug-likeness (QED) is 0.762. The molecule has 0 spiro atoms. The van der Waals surface area contributed by atoms with Gasteiger partial charge in [-0.25, -0.2) is 9.78 Å². The fraction of sp³-hybridized carbons (Fsp3) is 0.600. The molecule has 0 saturated heterocycles. The third-order valence-electron chi connectivity index (χ3n) is 2.26. The number of hydrogen-bond acceptors (Lipinski definition) is 3. The number of rotatable bonds is 5. The van der Waals surface area contributed by atoms with Gasteiger partial charge in [-0.05, 0) is 13.3 Å². The van der Waals surface area contributed by atoms with Crippen molar-refractivity contribution in [3.8, 4) is 6.01 Å². The lowest BCUT2D eigenvalue weighted by Crippen LogP contribution is -2.11. The van der Waals surface area contributed by atoms with Gasteiger partial charge in [-0.15, -0.1) is 0 Å². The maximum Gasteiger partial charge on any atom is 0.513 e. The minimum Gasteiger partial charge on any atom is -0.449 e. The van der Waals surface area contributed by atoms with Crippen LogP contribution in [-0.2, 0) is 0 Å². The fourth-order valence-electron chi connectivity index (χ4n) is 1.43. The fourth-order valence-corrected chi connectivity index (χ4v) is 1.43. The summed E-state index contributed by atoms with van der Waals surface area (Å²) >= 11 is 0. The number of imidazole rings is 1. The summed E-state index contributed by atoms with van der Waals surface area (Å²) in [5, 5.41) is 8.49. The maximum atomic E-state index is 10.4. The minimum atomic E-state index is -1.33. The molecule has 84 valence electrons. The van der Waals surface area contributed by atoms with Crippen LogP contribution in [0, 0.1) is 0 Å². The van der Waals surface area contributed by atoms with Crippen LogP contribution in [0.25, 0.3) is 0 Å². The molecule has 1 heterocycles. The third kappa shape index (κ3) is 3.27. The van der Waals surface area contributed by atoms with E-state index in [0.717, 1.165) is 19.3 Å². The lowest BCUT2D eigenvalue weighted by Gasteiger charge is -2.14. The predicted molar refractivity (Wildman–Crippen MR) is 55.1 cm³/mol. The Morgan fingerprint density at radius 3 is 3.07 bits per heavy atom. The summed E-state index contributed by atoms with van der Waals surface area (Å²) in [6, 6.07) is 0.355. The van der Waals surface area contributed by atoms with E-state index in [-0.39, 0.29) is 12.1 Å². The van der Waals surface area contributed by atoms with Crippen LogP contribution in [0.3, 0.4) is 0 Å². The highest BCUT2D eigenvalue weighted by molar-refractivity contribution is 5.59. The molecule has 0 aliphatic rings. The average Bonchev–Trinajstić information content (AvgIpc) is 2.61. The molecule has 1 rings (SSSR count). The molecule has 1 aromatic rings. The molecule has 0 aliphatic heterocycles. The number of hydrogen-bond donors (Lipinski definition) is 1. The molecule has 0 amide bonds. The van der Waals surface area contributed by atoms with Gasteiger partial charge in [0.25, 0.3) is 0 Å². The molecule has 0 aromatic carbocycles. The van der Waals surface area contributed by atoms with Crippen LogP contribution in [0.5, 0.6) is 6.01 Å². The van der Waals surface area contributed by atoms with Gasteiger partial charge in [0.2, 0.25) is 0 Å². The van der Waals surface area contributed by atoms with Gasteiger partial charge in [-0.3, -0.25) is 4.57 Å². The Labute approximate surface area is 88.7 Å². The minimum absolute atomic E-state index is 0.145. The van der Waals surface area contributed by atoms with Crippen molar-refractivity contribution in [2.45, 2.75) is 39.2 Å². The molecule has 15 heavy (non-hydrogen) atoms. The molecule has 1 N–H and O–H groups in total. The summed E-state index contributed by atoms with van der Waals surface area (Å²) in [6.07, 6.45) is 5.16. The first-order valence-corrected chi connectivity index (χ1v) is 5.08. The second-order valence-electron chi connectivity index (χ2n) is 3.48. The number of carbonyl (C=O) groups is 1. The summed E-state index contributed by atoms with van der Waals surface area (Å²) in [6.45, 7) is 4.14. The molecule has 0 saturated carbocycles. The SMILES string of the molecule is CCCCC(C)n1ccnc1OC(=O)O. The molecule has 0 radical (unpaired) electrons. The van der Waals surface area contributed by atoms with Crippen molar-refractivity contribution < 1.29 is 14.6 Å². The van der Waals surface area contributed by atoms with Gasteiger partial charge in [-0.2, -0.15) is 0 Å². The molecule has 1 unspecified atom stereocenters. The van der Waals surface area contributed by atoms with E-state index < -0.39 is 6.16 Å². The van der Waals surface area contributed by atoms with Crippen molar-refractivity contribution in [3.63, 3.8) is 0 Å². The Hall–Kier alpha value is -1.52. The normalized spacial score (nSPS) is 12.4. The second kappa shape index (κ2) is 5.38. The van der Waals surface area contributed by atoms with E-state index in [2.05, 4.69) is 16.6 Å². The lowest BCUT2D eigenvalue weighted by atomic mass is 10.1. The first-order valence-electron chi connectivity index (χ1n) is 5.08. The monoisotopic (exact) mass is 212 g/mol. The zero-order chi connectivity index (χ0) is 11.3. The van der Waals surface area contributed by atoms with Crippen LogP contribution >= 0.6 is 0 Å². The van der Waals surface area contributed by atoms with Crippen LogP contribution in [0.4, 0.5) is 4.79 Å². The van der Waals surface area contributed by atoms with Crippen molar-refractivity contribution in [3.05, 3.63) is 12.4 Å². The lowest BCUT2D eigenvalue weighted by molar-refractivity contribution is 0.137. The number of aromatic nitrogens is 2. The average molecular weight is 212 g/mol. The van der Waals surface area contributed by atoms with E-state index in [1.54, 1.807) is 17.0 Å². The largest absolute Gasteiger partial charge is 0.513 e. The van der Waals surface area contributed by atoms with Crippen molar-refractivity contribution in [1.29, 1.82) is 0 Å². The number of unbranched alkanes of at least 4 members (excludes halogenated alkanes) is 1. The highest BCUT2D eigenvalue weighted by Crippen LogP contribution is 2.20. The first-order chi connectivity index (χ1) is 7.15. The van der Waals surface area contributed by atoms with Gasteiger partial charge in [0, 0.05) is 18.4 Å². The van der Waals surface area contributed by atoms with Crippen molar-refractivity contribution in [2.24, 2.45) is 0 Å². The summed E-state index contributed by atoms with van der Waals surface area (Å²) in [5.41, 5.74) is 0. The summed E-state index contributed by atoms with van der Waals surface area (Å²) < 4.78 is 6.29. The van der Waals surface area contributed by atoms with Gasteiger partial charge in [-0.1, -0.05) is 19.8 Å². The van der Waals surface area contributed by atoms with Crippen LogP contribution in [0.15, 0.2) is 12.4 Å². The molecular formula is C10H16N2O3. The standard InChI is InChI=1S/C10H16N2O3/c1-3-4-5-8(2)12-7-6-11-9(12)15-10(13)14/h6-8H,3-5H2,1-2H3,(H,13,14). The molecule has 0 bridgehead atoms. The molecule has 1 aromatic heterocycles. The molecule has 5 nitrogen and oxygen atoms in total. The van der Waals surface area contributed by atoms with Gasteiger partial charge in [0.15, 0.2) is 0 Å². The highest BCUT2D eigenvalue weighted by Gasteiger charge is 2.12. The van der Waals surface area contributed by atoms with Crippen molar-refractivity contribution in [2.75, 3.05) is 0 Å². The number of carboxylic acid groups (broad SMARTS) is 1. The van der Waals surface area contributed by atoms with E-state index in [0.29, 0.717) is 0 Å². The second-order valence-corrected chi connectivity index (χ2v) is 3.48. The van der Waals surface area contributed by atoms with Crippen LogP contribution in [-0.4, -0.2) is 20.8 Å². The van der Waals surface area contributed by atoms with Gasteiger partial charge < -0.3 is 9.84 Å². The molecule has 1 atom stereocenters. The van der Waals surface area contributed by atoms with Crippen molar-refractivity contribution >= 4 is 6.16 Å². The van der Waals surface area contributed by atoms with E-state index in [4.69, 9.17) is 5.11 Å². The van der Waals surface area contributed by atoms with E-state index in [1.165, 1.54) is 0 Å². The van der Waals surface area contributed by atoms with Crippen molar-refractivity contribution in [1.82, 2.24) is 9.55 Å². The Bertz CT molecular complexity index is 322. The van der Waals surface area contributed by atoms with Gasteiger partial charge in [0.1, 0.15) is 0 Å². The van der Waals surface area contributed by atoms with E-state index >= 15 is 0 Å². The Balaban J connectivity index is 2.66. The van der Waals surface area contributed by atoms with Crippen LogP contribution < -0.4 is 4.74 Å². The molecule has 0 fully saturated rings. The number of nitrogens with zero attached hydrogens (tertiary/aromatic N) is 2. The van der Waals surface area contributed by atoms with E-state index in [1.807, 2.05) is 6.92 Å². The van der Waals surface area contributed by atoms with Crippen LogP contribution in [0.1, 0.15) is 39.2 Å². The highest BCUT2D eigenvalue weighted by atomic mass is 16.7. The molecule has 5 heteroatoms. The summed E-state index contributed by atoms with van der Waals surface area (Å²) in [7, 11) is 0. The topological polar surface area (TPSA) is 64.4 Å². The smallest absolute Gasteiger partial charge is 0.449 e. The number of ether oxygens (including phenoxy) is 1. The third-order valence-corrected chi connectivity index (χ3v) is 2.26. The zero-order valence-electron chi connectivity index (χ0n) is 9.01. The summed E-state index contributed by atoms with van der Waals surface area (Å²) in [5.74, 6) is 0. The molecular weight excluding hydrogens is 196 g/mol. The predicted octanol–water partition coefficient (Wildman–Crippen LogP) is 2.69. The maximum absolute atomic E-state index is 10.4. The van der Waals surface area contributed by atoms with E-state index in [9.17, 15) is 4.79 Å². The molecule has 0 aliphatic carbocycles. The van der Waals surface area contributed by atoms with Gasteiger partial charge >= 0.3 is 12.2 Å².